The fourth-order valence-corrected chi connectivity index (χ4v) is 10.2. The number of benzene rings is 2. The molecule has 4 aliphatic rings. The second-order valence-electron chi connectivity index (χ2n) is 13.4. The van der Waals surface area contributed by atoms with Crippen LogP contribution >= 0.6 is 11.8 Å². The van der Waals surface area contributed by atoms with E-state index < -0.39 is 11.4 Å². The number of halogens is 1. The molecule has 1 aromatic heterocycles. The molecule has 42 heavy (non-hydrogen) atoms. The van der Waals surface area contributed by atoms with Crippen molar-refractivity contribution < 1.29 is 14.3 Å². The van der Waals surface area contributed by atoms with Gasteiger partial charge in [-0.15, -0.1) is 0 Å². The molecule has 3 aromatic rings. The number of carboxylic acids is 1. The van der Waals surface area contributed by atoms with Crippen LogP contribution in [-0.4, -0.2) is 80.2 Å². The monoisotopic (exact) mass is 590 g/mol. The number of fused-ring (bicyclic) bond motifs is 3. The zero-order valence-corrected chi connectivity index (χ0v) is 25.4. The number of para-hydroxylation sites is 2. The Balaban J connectivity index is 1.13. The van der Waals surface area contributed by atoms with Crippen LogP contribution in [0.1, 0.15) is 68.3 Å². The van der Waals surface area contributed by atoms with E-state index in [1.54, 1.807) is 6.07 Å². The van der Waals surface area contributed by atoms with E-state index in [-0.39, 0.29) is 11.7 Å². The highest BCUT2D eigenvalue weighted by Crippen LogP contribution is 2.44. The van der Waals surface area contributed by atoms with Crippen LogP contribution in [0.25, 0.3) is 11.0 Å². The molecule has 4 heterocycles. The van der Waals surface area contributed by atoms with Gasteiger partial charge in [0.25, 0.3) is 0 Å². The first kappa shape index (κ1) is 28.4. The zero-order chi connectivity index (χ0) is 28.8. The van der Waals surface area contributed by atoms with Crippen molar-refractivity contribution in [3.05, 3.63) is 65.7 Å². The lowest BCUT2D eigenvalue weighted by atomic mass is 9.73. The van der Waals surface area contributed by atoms with E-state index >= 15 is 0 Å². The SMILES string of the molecule is Cc1nc2ccccc2n1C1CC2CSCC(C1)N2C[C@H]1CN(CC2(C(=O)O)CCCCC2)C[C@@H]1c1cccc(F)c1. The topological polar surface area (TPSA) is 61.6 Å². The Morgan fingerprint density at radius 1 is 1.02 bits per heavy atom. The molecular formula is C34H43FN4O2S. The average Bonchev–Trinajstić information content (AvgIpc) is 3.52. The van der Waals surface area contributed by atoms with Gasteiger partial charge >= 0.3 is 5.97 Å². The average molecular weight is 591 g/mol. The van der Waals surface area contributed by atoms with Gasteiger partial charge in [-0.05, 0) is 68.4 Å². The van der Waals surface area contributed by atoms with Gasteiger partial charge in [-0.3, -0.25) is 9.69 Å². The standard InChI is InChI=1S/C34H43FN4O2S/c1-23-36-31-10-3-4-11-32(31)39(23)27-15-28-20-42-21-29(16-27)38(28)18-25-17-37(19-30(25)24-8-7-9-26(35)14-24)22-34(33(40)41)12-5-2-6-13-34/h3-4,7-11,14,25,27-30H,2,5-6,12-13,15-22H2,1H3,(H,40,41)/t25-,27?,28?,29?,30-/m1/s1. The van der Waals surface area contributed by atoms with Crippen molar-refractivity contribution in [2.75, 3.05) is 37.7 Å². The van der Waals surface area contributed by atoms with Crippen molar-refractivity contribution >= 4 is 28.8 Å². The van der Waals surface area contributed by atoms with E-state index in [0.717, 1.165) is 93.0 Å². The van der Waals surface area contributed by atoms with Crippen LogP contribution in [0.5, 0.6) is 0 Å². The summed E-state index contributed by atoms with van der Waals surface area (Å²) >= 11 is 2.09. The van der Waals surface area contributed by atoms with Crippen LogP contribution in [0.15, 0.2) is 48.5 Å². The summed E-state index contributed by atoms with van der Waals surface area (Å²) in [7, 11) is 0. The molecule has 8 heteroatoms. The van der Waals surface area contributed by atoms with Crippen LogP contribution in [0.4, 0.5) is 4.39 Å². The summed E-state index contributed by atoms with van der Waals surface area (Å²) < 4.78 is 16.9. The Hall–Kier alpha value is -2.42. The van der Waals surface area contributed by atoms with Crippen molar-refractivity contribution in [3.63, 3.8) is 0 Å². The Kier molecular flexibility index (Phi) is 7.82. The number of carboxylic acid groups (broad SMARTS) is 1. The Morgan fingerprint density at radius 2 is 1.79 bits per heavy atom. The number of thioether (sulfide) groups is 1. The number of imidazole rings is 1. The highest BCUT2D eigenvalue weighted by atomic mass is 32.2. The van der Waals surface area contributed by atoms with E-state index in [4.69, 9.17) is 4.98 Å². The third-order valence-electron chi connectivity index (χ3n) is 10.8. The van der Waals surface area contributed by atoms with E-state index in [0.29, 0.717) is 30.6 Å². The van der Waals surface area contributed by atoms with Crippen LogP contribution < -0.4 is 0 Å². The number of aryl methyl sites for hydroxylation is 1. The largest absolute Gasteiger partial charge is 0.481 e. The summed E-state index contributed by atoms with van der Waals surface area (Å²) in [5.74, 6) is 3.12. The highest BCUT2D eigenvalue weighted by molar-refractivity contribution is 7.99. The van der Waals surface area contributed by atoms with E-state index in [1.165, 1.54) is 11.6 Å². The molecule has 1 saturated carbocycles. The maximum absolute atomic E-state index is 14.4. The van der Waals surface area contributed by atoms with Gasteiger partial charge in [0.1, 0.15) is 11.6 Å². The molecule has 3 aliphatic heterocycles. The fraction of sp³-hybridized carbons (Fsp3) is 0.588. The molecule has 6 nitrogen and oxygen atoms in total. The fourth-order valence-electron chi connectivity index (χ4n) is 8.85. The molecule has 2 aromatic carbocycles. The smallest absolute Gasteiger partial charge is 0.310 e. The number of piperidine rings is 1. The van der Waals surface area contributed by atoms with Gasteiger partial charge in [-0.2, -0.15) is 11.8 Å². The van der Waals surface area contributed by atoms with Gasteiger partial charge in [-0.25, -0.2) is 9.37 Å². The summed E-state index contributed by atoms with van der Waals surface area (Å²) in [6.45, 7) is 5.44. The minimum Gasteiger partial charge on any atom is -0.481 e. The molecular weight excluding hydrogens is 547 g/mol. The number of hydrogen-bond acceptors (Lipinski definition) is 5. The molecule has 1 N–H and O–H groups in total. The highest BCUT2D eigenvalue weighted by Gasteiger charge is 2.47. The molecule has 2 bridgehead atoms. The number of nitrogens with zero attached hydrogens (tertiary/aromatic N) is 4. The number of aromatic nitrogens is 2. The van der Waals surface area contributed by atoms with E-state index in [2.05, 4.69) is 63.4 Å². The second-order valence-corrected chi connectivity index (χ2v) is 14.5. The van der Waals surface area contributed by atoms with Crippen LogP contribution in [-0.2, 0) is 4.79 Å². The maximum atomic E-state index is 14.4. The number of hydrogen-bond donors (Lipinski definition) is 1. The van der Waals surface area contributed by atoms with Gasteiger partial charge in [0.2, 0.25) is 0 Å². The first-order valence-corrected chi connectivity index (χ1v) is 17.0. The number of likely N-dealkylation sites (tertiary alicyclic amines) is 1. The quantitative estimate of drug-likeness (QED) is 0.346. The van der Waals surface area contributed by atoms with Gasteiger partial charge in [0.15, 0.2) is 0 Å². The maximum Gasteiger partial charge on any atom is 0.310 e. The summed E-state index contributed by atoms with van der Waals surface area (Å²) in [6, 6.07) is 17.1. The molecule has 4 fully saturated rings. The molecule has 1 aliphatic carbocycles. The lowest BCUT2D eigenvalue weighted by molar-refractivity contribution is -0.152. The van der Waals surface area contributed by atoms with Gasteiger partial charge in [0.05, 0.1) is 16.4 Å². The molecule has 2 unspecified atom stereocenters. The second kappa shape index (κ2) is 11.6. The summed E-state index contributed by atoms with van der Waals surface area (Å²) in [6.07, 6.45) is 6.91. The molecule has 4 atom stereocenters. The predicted octanol–water partition coefficient (Wildman–Crippen LogP) is 6.36. The number of rotatable bonds is 7. The van der Waals surface area contributed by atoms with E-state index in [1.807, 2.05) is 6.07 Å². The third kappa shape index (κ3) is 5.28. The van der Waals surface area contributed by atoms with Crippen molar-refractivity contribution in [3.8, 4) is 0 Å². The molecule has 224 valence electrons. The van der Waals surface area contributed by atoms with Gasteiger partial charge in [0, 0.05) is 61.7 Å². The van der Waals surface area contributed by atoms with Crippen molar-refractivity contribution in [1.29, 1.82) is 0 Å². The van der Waals surface area contributed by atoms with Crippen LogP contribution in [0.2, 0.25) is 0 Å². The van der Waals surface area contributed by atoms with Crippen molar-refractivity contribution in [1.82, 2.24) is 19.4 Å². The Morgan fingerprint density at radius 3 is 2.52 bits per heavy atom. The van der Waals surface area contributed by atoms with Gasteiger partial charge < -0.3 is 14.6 Å². The first-order chi connectivity index (χ1) is 20.4. The minimum absolute atomic E-state index is 0.184. The lowest BCUT2D eigenvalue weighted by Gasteiger charge is -2.50. The summed E-state index contributed by atoms with van der Waals surface area (Å²) in [5, 5.41) is 10.3. The Bertz CT molecular complexity index is 1420. The Labute approximate surface area is 252 Å². The first-order valence-electron chi connectivity index (χ1n) is 15.9. The van der Waals surface area contributed by atoms with Crippen molar-refractivity contribution in [2.24, 2.45) is 11.3 Å². The zero-order valence-electron chi connectivity index (χ0n) is 24.6. The predicted molar refractivity (Wildman–Crippen MR) is 167 cm³/mol. The third-order valence-corrected chi connectivity index (χ3v) is 12.1. The van der Waals surface area contributed by atoms with Crippen LogP contribution in [0, 0.1) is 24.1 Å². The number of carbonyl (C=O) groups is 1. The normalized spacial score (nSPS) is 30.1. The summed E-state index contributed by atoms with van der Waals surface area (Å²) in [4.78, 5) is 22.6. The van der Waals surface area contributed by atoms with Crippen molar-refractivity contribution in [2.45, 2.75) is 75.9 Å². The van der Waals surface area contributed by atoms with Gasteiger partial charge in [-0.1, -0.05) is 43.5 Å². The molecule has 7 rings (SSSR count). The number of aliphatic carboxylic acids is 1. The molecule has 0 spiro atoms. The molecule has 0 amide bonds. The lowest BCUT2D eigenvalue weighted by Crippen LogP contribution is -2.56. The molecule has 3 saturated heterocycles. The minimum atomic E-state index is -0.642. The van der Waals surface area contributed by atoms with Crippen LogP contribution in [0.3, 0.4) is 0 Å². The van der Waals surface area contributed by atoms with E-state index in [9.17, 15) is 14.3 Å². The summed E-state index contributed by atoms with van der Waals surface area (Å²) in [5.41, 5.74) is 2.74. The molecule has 0 radical (unpaired) electrons.